The number of nitrogens with zero attached hydrogens (tertiary/aromatic N) is 1. The Labute approximate surface area is 112 Å². The number of hydrogen-bond donors (Lipinski definition) is 2. The molecule has 0 bridgehead atoms. The second-order valence-corrected chi connectivity index (χ2v) is 5.44. The van der Waals surface area contributed by atoms with Crippen molar-refractivity contribution in [3.05, 3.63) is 30.1 Å². The summed E-state index contributed by atoms with van der Waals surface area (Å²) in [6.07, 6.45) is 0.504. The van der Waals surface area contributed by atoms with Crippen molar-refractivity contribution < 1.29 is 9.18 Å². The first kappa shape index (κ1) is 13.8. The van der Waals surface area contributed by atoms with Gasteiger partial charge in [0.25, 0.3) is 0 Å². The minimum atomic E-state index is -0.425. The van der Waals surface area contributed by atoms with E-state index >= 15 is 0 Å². The van der Waals surface area contributed by atoms with E-state index in [1.807, 2.05) is 18.7 Å². The van der Waals surface area contributed by atoms with E-state index in [4.69, 9.17) is 5.73 Å². The van der Waals surface area contributed by atoms with Crippen molar-refractivity contribution in [3.63, 3.8) is 0 Å². The number of amides is 1. The number of hydrogen-bond acceptors (Lipinski definition) is 3. The van der Waals surface area contributed by atoms with Crippen LogP contribution in [-0.2, 0) is 4.79 Å². The van der Waals surface area contributed by atoms with Gasteiger partial charge in [-0.05, 0) is 38.9 Å². The molecule has 2 rings (SSSR count). The van der Waals surface area contributed by atoms with Crippen molar-refractivity contribution in [1.29, 1.82) is 0 Å². The molecular formula is C14H20FN3O. The summed E-state index contributed by atoms with van der Waals surface area (Å²) in [6.45, 7) is 4.85. The number of carbonyl (C=O) groups excluding carboxylic acids is 1. The van der Waals surface area contributed by atoms with Crippen LogP contribution in [0.5, 0.6) is 0 Å². The molecule has 19 heavy (non-hydrogen) atoms. The monoisotopic (exact) mass is 265 g/mol. The average Bonchev–Trinajstić information content (AvgIpc) is 2.36. The summed E-state index contributed by atoms with van der Waals surface area (Å²) in [6, 6.07) is 6.12. The highest BCUT2D eigenvalue weighted by Crippen LogP contribution is 2.32. The first-order valence-electron chi connectivity index (χ1n) is 6.49. The molecule has 1 heterocycles. The van der Waals surface area contributed by atoms with Gasteiger partial charge in [-0.1, -0.05) is 12.1 Å². The van der Waals surface area contributed by atoms with Crippen LogP contribution in [0.15, 0.2) is 24.3 Å². The topological polar surface area (TPSA) is 58.4 Å². The lowest BCUT2D eigenvalue weighted by molar-refractivity contribution is -0.124. The third-order valence-corrected chi connectivity index (χ3v) is 3.51. The minimum absolute atomic E-state index is 0.0898. The van der Waals surface area contributed by atoms with E-state index in [1.165, 1.54) is 6.07 Å². The summed E-state index contributed by atoms with van der Waals surface area (Å²) in [4.78, 5) is 13.9. The molecule has 0 radical (unpaired) electrons. The summed E-state index contributed by atoms with van der Waals surface area (Å²) in [5.41, 5.74) is 5.70. The fraction of sp³-hybridized carbons (Fsp3) is 0.500. The van der Waals surface area contributed by atoms with Gasteiger partial charge in [0.15, 0.2) is 0 Å². The van der Waals surface area contributed by atoms with Crippen molar-refractivity contribution >= 4 is 11.6 Å². The average molecular weight is 265 g/mol. The summed E-state index contributed by atoms with van der Waals surface area (Å²) in [5, 5.41) is 2.87. The van der Waals surface area contributed by atoms with Gasteiger partial charge in [-0.15, -0.1) is 0 Å². The predicted octanol–water partition coefficient (Wildman–Crippen LogP) is 1.26. The molecule has 3 N–H and O–H groups in total. The van der Waals surface area contributed by atoms with Crippen LogP contribution >= 0.6 is 0 Å². The number of nitrogens with two attached hydrogens (primary N) is 1. The van der Waals surface area contributed by atoms with Gasteiger partial charge in [0.1, 0.15) is 11.9 Å². The smallest absolute Gasteiger partial charge is 0.242 e. The van der Waals surface area contributed by atoms with Gasteiger partial charge in [-0.2, -0.15) is 0 Å². The van der Waals surface area contributed by atoms with Crippen molar-refractivity contribution in [2.75, 3.05) is 18.0 Å². The molecule has 1 aromatic carbocycles. The van der Waals surface area contributed by atoms with Crippen LogP contribution in [0.4, 0.5) is 10.1 Å². The molecule has 0 aliphatic carbocycles. The van der Waals surface area contributed by atoms with Crippen LogP contribution in [0, 0.1) is 5.82 Å². The van der Waals surface area contributed by atoms with Gasteiger partial charge in [0, 0.05) is 6.54 Å². The number of carbonyl (C=O) groups is 1. The fourth-order valence-electron chi connectivity index (χ4n) is 2.60. The molecule has 104 valence electrons. The summed E-state index contributed by atoms with van der Waals surface area (Å²) in [5.74, 6) is -0.402. The Balaban J connectivity index is 2.46. The Morgan fingerprint density at radius 3 is 2.79 bits per heavy atom. The maximum Gasteiger partial charge on any atom is 0.242 e. The molecule has 0 aromatic heterocycles. The summed E-state index contributed by atoms with van der Waals surface area (Å²) >= 11 is 0. The van der Waals surface area contributed by atoms with E-state index in [1.54, 1.807) is 18.2 Å². The zero-order chi connectivity index (χ0) is 14.0. The van der Waals surface area contributed by atoms with Crippen molar-refractivity contribution in [3.8, 4) is 0 Å². The second kappa shape index (κ2) is 5.17. The highest BCUT2D eigenvalue weighted by Gasteiger charge is 2.41. The number of halogens is 1. The SMILES string of the molecule is CC1(C)CNC(=O)C(CCN)N1c1ccccc1F. The molecule has 1 unspecified atom stereocenters. The third kappa shape index (κ3) is 2.56. The Morgan fingerprint density at radius 2 is 2.16 bits per heavy atom. The zero-order valence-corrected chi connectivity index (χ0v) is 11.3. The van der Waals surface area contributed by atoms with E-state index in [0.717, 1.165) is 0 Å². The lowest BCUT2D eigenvalue weighted by Crippen LogP contribution is -2.66. The molecule has 1 saturated heterocycles. The lowest BCUT2D eigenvalue weighted by atomic mass is 9.93. The standard InChI is InChI=1S/C14H20FN3O/c1-14(2)9-17-13(19)12(7-8-16)18(14)11-6-4-3-5-10(11)15/h3-6,12H,7-9,16H2,1-2H3,(H,17,19). The Morgan fingerprint density at radius 1 is 1.47 bits per heavy atom. The van der Waals surface area contributed by atoms with E-state index < -0.39 is 6.04 Å². The van der Waals surface area contributed by atoms with E-state index in [-0.39, 0.29) is 17.3 Å². The quantitative estimate of drug-likeness (QED) is 0.865. The maximum atomic E-state index is 14.1. The zero-order valence-electron chi connectivity index (χ0n) is 11.3. The number of rotatable bonds is 3. The molecule has 0 spiro atoms. The third-order valence-electron chi connectivity index (χ3n) is 3.51. The van der Waals surface area contributed by atoms with Gasteiger partial charge < -0.3 is 16.0 Å². The van der Waals surface area contributed by atoms with Gasteiger partial charge in [0.05, 0.1) is 11.2 Å². The normalized spacial score (nSPS) is 22.2. The minimum Gasteiger partial charge on any atom is -0.352 e. The van der Waals surface area contributed by atoms with Gasteiger partial charge in [-0.3, -0.25) is 4.79 Å². The predicted molar refractivity (Wildman–Crippen MR) is 73.4 cm³/mol. The first-order chi connectivity index (χ1) is 8.97. The Kier molecular flexibility index (Phi) is 3.75. The second-order valence-electron chi connectivity index (χ2n) is 5.44. The first-order valence-corrected chi connectivity index (χ1v) is 6.49. The molecule has 1 amide bonds. The highest BCUT2D eigenvalue weighted by atomic mass is 19.1. The summed E-state index contributed by atoms with van der Waals surface area (Å²) in [7, 11) is 0. The van der Waals surface area contributed by atoms with Crippen LogP contribution in [0.1, 0.15) is 20.3 Å². The number of piperazine rings is 1. The molecule has 0 saturated carbocycles. The molecule has 1 atom stereocenters. The van der Waals surface area contributed by atoms with Crippen LogP contribution in [0.3, 0.4) is 0 Å². The lowest BCUT2D eigenvalue weighted by Gasteiger charge is -2.48. The van der Waals surface area contributed by atoms with Gasteiger partial charge in [-0.25, -0.2) is 4.39 Å². The van der Waals surface area contributed by atoms with Crippen LogP contribution in [0.2, 0.25) is 0 Å². The molecular weight excluding hydrogens is 245 g/mol. The molecule has 1 fully saturated rings. The van der Waals surface area contributed by atoms with Crippen molar-refractivity contribution in [2.24, 2.45) is 5.73 Å². The number of para-hydroxylation sites is 1. The Bertz CT molecular complexity index is 476. The summed E-state index contributed by atoms with van der Waals surface area (Å²) < 4.78 is 14.1. The number of benzene rings is 1. The van der Waals surface area contributed by atoms with E-state index in [2.05, 4.69) is 5.32 Å². The number of anilines is 1. The van der Waals surface area contributed by atoms with Crippen LogP contribution in [-0.4, -0.2) is 30.6 Å². The molecule has 1 aliphatic heterocycles. The molecule has 1 aliphatic rings. The van der Waals surface area contributed by atoms with Crippen molar-refractivity contribution in [2.45, 2.75) is 31.8 Å². The Hall–Kier alpha value is -1.62. The molecule has 4 nitrogen and oxygen atoms in total. The van der Waals surface area contributed by atoms with E-state index in [0.29, 0.717) is 25.2 Å². The van der Waals surface area contributed by atoms with Crippen molar-refractivity contribution in [1.82, 2.24) is 5.32 Å². The molecule has 5 heteroatoms. The van der Waals surface area contributed by atoms with Gasteiger partial charge >= 0.3 is 0 Å². The number of nitrogens with one attached hydrogen (secondary N) is 1. The van der Waals surface area contributed by atoms with Crippen LogP contribution < -0.4 is 16.0 Å². The highest BCUT2D eigenvalue weighted by molar-refractivity contribution is 5.87. The molecule has 1 aromatic rings. The fourth-order valence-corrected chi connectivity index (χ4v) is 2.60. The van der Waals surface area contributed by atoms with Gasteiger partial charge in [0.2, 0.25) is 5.91 Å². The maximum absolute atomic E-state index is 14.1. The largest absolute Gasteiger partial charge is 0.352 e. The van der Waals surface area contributed by atoms with E-state index in [9.17, 15) is 9.18 Å². The van der Waals surface area contributed by atoms with Crippen LogP contribution in [0.25, 0.3) is 0 Å².